The van der Waals surface area contributed by atoms with Gasteiger partial charge in [-0.3, -0.25) is 9.59 Å². The zero-order valence-corrected chi connectivity index (χ0v) is 9.49. The molecule has 0 aromatic heterocycles. The summed E-state index contributed by atoms with van der Waals surface area (Å²) in [5.74, 6) is 1.14. The van der Waals surface area contributed by atoms with Crippen LogP contribution in [-0.4, -0.2) is 24.9 Å². The zero-order valence-electron chi connectivity index (χ0n) is 9.49. The Hall–Kier alpha value is -2.04. The minimum atomic E-state index is -0.182. The lowest BCUT2D eigenvalue weighted by Gasteiger charge is -2.18. The van der Waals surface area contributed by atoms with Gasteiger partial charge in [0.1, 0.15) is 17.3 Å². The lowest BCUT2D eigenvalue weighted by molar-refractivity contribution is -0.119. The van der Waals surface area contributed by atoms with Crippen LogP contribution in [0.1, 0.15) is 13.3 Å². The molecule has 1 N–H and O–H groups in total. The van der Waals surface area contributed by atoms with Crippen molar-refractivity contribution in [1.29, 1.82) is 0 Å². The van der Waals surface area contributed by atoms with Gasteiger partial charge in [-0.25, -0.2) is 0 Å². The van der Waals surface area contributed by atoms with Crippen LogP contribution in [0, 0.1) is 0 Å². The Morgan fingerprint density at radius 3 is 3.12 bits per heavy atom. The van der Waals surface area contributed by atoms with E-state index in [1.807, 2.05) is 0 Å². The molecule has 17 heavy (non-hydrogen) atoms. The van der Waals surface area contributed by atoms with Crippen molar-refractivity contribution in [1.82, 2.24) is 0 Å². The molecule has 1 aliphatic rings. The van der Waals surface area contributed by atoms with E-state index in [1.54, 1.807) is 18.2 Å². The number of carbonyl (C=O) groups excluding carboxylic acids is 2. The molecule has 0 bridgehead atoms. The van der Waals surface area contributed by atoms with E-state index in [1.165, 1.54) is 6.92 Å². The number of anilines is 1. The van der Waals surface area contributed by atoms with Crippen molar-refractivity contribution in [2.45, 2.75) is 13.3 Å². The number of Topliss-reactive ketones (excluding diaryl/α,β-unsaturated/α-hetero) is 1. The van der Waals surface area contributed by atoms with Gasteiger partial charge in [-0.2, -0.15) is 0 Å². The van der Waals surface area contributed by atoms with Crippen molar-refractivity contribution in [3.63, 3.8) is 0 Å². The first-order valence-corrected chi connectivity index (χ1v) is 5.34. The van der Waals surface area contributed by atoms with Crippen LogP contribution in [-0.2, 0) is 9.59 Å². The van der Waals surface area contributed by atoms with Crippen LogP contribution >= 0.6 is 0 Å². The Morgan fingerprint density at radius 1 is 1.53 bits per heavy atom. The maximum absolute atomic E-state index is 11.1. The number of hydrogen-bond acceptors (Lipinski definition) is 4. The van der Waals surface area contributed by atoms with E-state index in [-0.39, 0.29) is 18.3 Å². The highest BCUT2D eigenvalue weighted by atomic mass is 16.5. The second-order valence-corrected chi connectivity index (χ2v) is 3.80. The third-order valence-corrected chi connectivity index (χ3v) is 2.31. The Morgan fingerprint density at radius 2 is 2.35 bits per heavy atom. The Bertz CT molecular complexity index is 456. The number of nitrogens with one attached hydrogen (secondary N) is 1. The van der Waals surface area contributed by atoms with Crippen LogP contribution in [0.4, 0.5) is 5.69 Å². The van der Waals surface area contributed by atoms with Crippen molar-refractivity contribution in [3.05, 3.63) is 18.2 Å². The molecule has 0 aliphatic carbocycles. The SMILES string of the molecule is CC(=O)CCOc1ccc2c(c1)NC(=O)CO2. The standard InChI is InChI=1S/C12H13NO4/c1-8(14)4-5-16-9-2-3-11-10(6-9)13-12(15)7-17-11/h2-3,6H,4-5,7H2,1H3,(H,13,15). The van der Waals surface area contributed by atoms with Gasteiger partial charge < -0.3 is 14.8 Å². The molecule has 0 saturated heterocycles. The third kappa shape index (κ3) is 2.96. The van der Waals surface area contributed by atoms with Gasteiger partial charge in [0.15, 0.2) is 6.61 Å². The first-order valence-electron chi connectivity index (χ1n) is 5.34. The number of fused-ring (bicyclic) bond motifs is 1. The van der Waals surface area contributed by atoms with Gasteiger partial charge in [-0.15, -0.1) is 0 Å². The average Bonchev–Trinajstić information content (AvgIpc) is 2.28. The fourth-order valence-corrected chi connectivity index (χ4v) is 1.46. The molecule has 0 fully saturated rings. The number of amides is 1. The van der Waals surface area contributed by atoms with Gasteiger partial charge in [0.2, 0.25) is 0 Å². The largest absolute Gasteiger partial charge is 0.493 e. The highest BCUT2D eigenvalue weighted by Crippen LogP contribution is 2.31. The van der Waals surface area contributed by atoms with E-state index < -0.39 is 0 Å². The molecule has 1 amide bonds. The third-order valence-electron chi connectivity index (χ3n) is 2.31. The molecule has 1 aromatic rings. The molecule has 0 unspecified atom stereocenters. The van der Waals surface area contributed by atoms with Gasteiger partial charge in [-0.1, -0.05) is 0 Å². The summed E-state index contributed by atoms with van der Waals surface area (Å²) >= 11 is 0. The predicted molar refractivity (Wildman–Crippen MR) is 61.4 cm³/mol. The van der Waals surface area contributed by atoms with Crippen LogP contribution in [0.25, 0.3) is 0 Å². The van der Waals surface area contributed by atoms with E-state index in [0.717, 1.165) is 0 Å². The van der Waals surface area contributed by atoms with Crippen LogP contribution in [0.5, 0.6) is 11.5 Å². The zero-order chi connectivity index (χ0) is 12.3. The predicted octanol–water partition coefficient (Wildman–Crippen LogP) is 1.38. The summed E-state index contributed by atoms with van der Waals surface area (Å²) in [4.78, 5) is 21.9. The summed E-state index contributed by atoms with van der Waals surface area (Å²) in [5, 5.41) is 2.69. The number of carbonyl (C=O) groups is 2. The maximum Gasteiger partial charge on any atom is 0.262 e. The van der Waals surface area contributed by atoms with Crippen molar-refractivity contribution >= 4 is 17.4 Å². The summed E-state index contributed by atoms with van der Waals surface area (Å²) in [6, 6.07) is 5.17. The maximum atomic E-state index is 11.1. The van der Waals surface area contributed by atoms with Crippen molar-refractivity contribution < 1.29 is 19.1 Å². The Kier molecular flexibility index (Phi) is 3.27. The average molecular weight is 235 g/mol. The number of rotatable bonds is 4. The van der Waals surface area contributed by atoms with Gasteiger partial charge in [0, 0.05) is 12.5 Å². The molecule has 1 aliphatic heterocycles. The van der Waals surface area contributed by atoms with Gasteiger partial charge in [0.25, 0.3) is 5.91 Å². The summed E-state index contributed by atoms with van der Waals surface area (Å²) in [6.45, 7) is 1.89. The molecule has 0 radical (unpaired) electrons. The fraction of sp³-hybridized carbons (Fsp3) is 0.333. The van der Waals surface area contributed by atoms with Gasteiger partial charge in [-0.05, 0) is 19.1 Å². The summed E-state index contributed by atoms with van der Waals surface area (Å²) in [7, 11) is 0. The second-order valence-electron chi connectivity index (χ2n) is 3.80. The number of ether oxygens (including phenoxy) is 2. The first-order chi connectivity index (χ1) is 8.15. The monoisotopic (exact) mass is 235 g/mol. The molecular formula is C12H13NO4. The summed E-state index contributed by atoms with van der Waals surface area (Å²) in [6.07, 6.45) is 0.375. The Labute approximate surface area is 98.7 Å². The van der Waals surface area contributed by atoms with E-state index in [0.29, 0.717) is 30.2 Å². The normalized spacial score (nSPS) is 13.4. The van der Waals surface area contributed by atoms with Crippen molar-refractivity contribution in [3.8, 4) is 11.5 Å². The highest BCUT2D eigenvalue weighted by Gasteiger charge is 2.16. The fourth-order valence-electron chi connectivity index (χ4n) is 1.46. The van der Waals surface area contributed by atoms with E-state index in [2.05, 4.69) is 5.32 Å². The second kappa shape index (κ2) is 4.86. The lowest BCUT2D eigenvalue weighted by Crippen LogP contribution is -2.25. The number of hydrogen-bond donors (Lipinski definition) is 1. The van der Waals surface area contributed by atoms with Crippen LogP contribution in [0.15, 0.2) is 18.2 Å². The Balaban J connectivity index is 2.02. The van der Waals surface area contributed by atoms with Crippen LogP contribution in [0.3, 0.4) is 0 Å². The lowest BCUT2D eigenvalue weighted by atomic mass is 10.2. The quantitative estimate of drug-likeness (QED) is 0.856. The number of benzene rings is 1. The summed E-state index contributed by atoms with van der Waals surface area (Å²) < 4.78 is 10.6. The molecule has 5 nitrogen and oxygen atoms in total. The number of ketones is 1. The van der Waals surface area contributed by atoms with Crippen LogP contribution < -0.4 is 14.8 Å². The topological polar surface area (TPSA) is 64.6 Å². The first kappa shape index (κ1) is 11.4. The molecule has 2 rings (SSSR count). The molecule has 1 heterocycles. The van der Waals surface area contributed by atoms with Crippen LogP contribution in [0.2, 0.25) is 0 Å². The van der Waals surface area contributed by atoms with Crippen molar-refractivity contribution in [2.75, 3.05) is 18.5 Å². The minimum Gasteiger partial charge on any atom is -0.493 e. The van der Waals surface area contributed by atoms with Gasteiger partial charge >= 0.3 is 0 Å². The molecular weight excluding hydrogens is 222 g/mol. The molecule has 0 saturated carbocycles. The molecule has 0 atom stereocenters. The smallest absolute Gasteiger partial charge is 0.262 e. The van der Waals surface area contributed by atoms with E-state index in [4.69, 9.17) is 9.47 Å². The molecule has 1 aromatic carbocycles. The molecule has 0 spiro atoms. The minimum absolute atomic E-state index is 0.0392. The summed E-state index contributed by atoms with van der Waals surface area (Å²) in [5.41, 5.74) is 0.599. The van der Waals surface area contributed by atoms with E-state index in [9.17, 15) is 9.59 Å². The highest BCUT2D eigenvalue weighted by molar-refractivity contribution is 5.95. The molecule has 90 valence electrons. The van der Waals surface area contributed by atoms with Gasteiger partial charge in [0.05, 0.1) is 12.3 Å². The van der Waals surface area contributed by atoms with Crippen molar-refractivity contribution in [2.24, 2.45) is 0 Å². The van der Waals surface area contributed by atoms with E-state index >= 15 is 0 Å². The molecule has 5 heteroatoms.